The van der Waals surface area contributed by atoms with E-state index >= 15 is 0 Å². The molecule has 0 atom stereocenters. The van der Waals surface area contributed by atoms with Crippen LogP contribution in [0.25, 0.3) is 10.8 Å². The number of rotatable bonds is 5. The van der Waals surface area contributed by atoms with Gasteiger partial charge in [-0.15, -0.1) is 0 Å². The van der Waals surface area contributed by atoms with Crippen LogP contribution in [-0.4, -0.2) is 16.8 Å². The largest absolute Gasteiger partial charge is 0.331 e. The van der Waals surface area contributed by atoms with E-state index in [0.29, 0.717) is 5.56 Å². The van der Waals surface area contributed by atoms with Crippen molar-refractivity contribution >= 4 is 45.5 Å². The number of ketones is 1. The molecular weight excluding hydrogens is 370 g/mol. The van der Waals surface area contributed by atoms with Crippen LogP contribution in [-0.2, 0) is 4.79 Å². The van der Waals surface area contributed by atoms with Crippen molar-refractivity contribution in [2.24, 2.45) is 0 Å². The molecule has 28 heavy (non-hydrogen) atoms. The number of aryl methyl sites for hydroxylation is 1. The Kier molecular flexibility index (Phi) is 6.34. The lowest BCUT2D eigenvalue weighted by atomic mass is 10.0. The fraction of sp³-hybridized carbons (Fsp3) is 0.136. The molecule has 0 saturated heterocycles. The molecule has 0 saturated carbocycles. The van der Waals surface area contributed by atoms with Crippen LogP contribution in [0.5, 0.6) is 0 Å². The maximum Gasteiger partial charge on any atom is 0.238 e. The molecule has 0 aliphatic rings. The van der Waals surface area contributed by atoms with Crippen molar-refractivity contribution in [2.75, 3.05) is 5.32 Å². The molecule has 0 heterocycles. The smallest absolute Gasteiger partial charge is 0.238 e. The van der Waals surface area contributed by atoms with Gasteiger partial charge in [-0.1, -0.05) is 54.6 Å². The maximum atomic E-state index is 12.4. The SMILES string of the molecule is Cc1ccccc1NC(=S)NNC(=O)CCC(=O)c1ccc2ccccc2c1. The highest BCUT2D eigenvalue weighted by atomic mass is 32.1. The van der Waals surface area contributed by atoms with Crippen LogP contribution in [0.2, 0.25) is 0 Å². The summed E-state index contributed by atoms with van der Waals surface area (Å²) in [6.45, 7) is 1.96. The molecule has 3 aromatic carbocycles. The Balaban J connectivity index is 1.46. The van der Waals surface area contributed by atoms with E-state index in [2.05, 4.69) is 16.2 Å². The van der Waals surface area contributed by atoms with E-state index in [-0.39, 0.29) is 29.6 Å². The quantitative estimate of drug-likeness (QED) is 0.347. The van der Waals surface area contributed by atoms with Crippen molar-refractivity contribution in [3.8, 4) is 0 Å². The van der Waals surface area contributed by atoms with Crippen molar-refractivity contribution < 1.29 is 9.59 Å². The number of hydrogen-bond acceptors (Lipinski definition) is 3. The van der Waals surface area contributed by atoms with Gasteiger partial charge in [-0.05, 0) is 47.6 Å². The molecule has 0 bridgehead atoms. The predicted molar refractivity (Wildman–Crippen MR) is 116 cm³/mol. The number of carbonyl (C=O) groups is 2. The fourth-order valence-corrected chi connectivity index (χ4v) is 2.95. The number of anilines is 1. The van der Waals surface area contributed by atoms with Gasteiger partial charge in [0.15, 0.2) is 10.9 Å². The van der Waals surface area contributed by atoms with E-state index in [1.54, 1.807) is 6.07 Å². The van der Waals surface area contributed by atoms with Gasteiger partial charge in [0.05, 0.1) is 0 Å². The summed E-state index contributed by atoms with van der Waals surface area (Å²) in [4.78, 5) is 24.4. The summed E-state index contributed by atoms with van der Waals surface area (Å²) in [6, 6.07) is 21.1. The summed E-state index contributed by atoms with van der Waals surface area (Å²) >= 11 is 5.17. The number of hydrazine groups is 1. The first-order chi connectivity index (χ1) is 13.5. The topological polar surface area (TPSA) is 70.2 Å². The van der Waals surface area contributed by atoms with Crippen LogP contribution in [0, 0.1) is 6.92 Å². The molecule has 3 rings (SSSR count). The zero-order valence-corrected chi connectivity index (χ0v) is 16.3. The van der Waals surface area contributed by atoms with Gasteiger partial charge in [0, 0.05) is 24.1 Å². The van der Waals surface area contributed by atoms with Crippen molar-refractivity contribution in [1.82, 2.24) is 10.9 Å². The van der Waals surface area contributed by atoms with Crippen molar-refractivity contribution in [2.45, 2.75) is 19.8 Å². The van der Waals surface area contributed by atoms with Crippen molar-refractivity contribution in [3.05, 3.63) is 77.9 Å². The Morgan fingerprint density at radius 2 is 1.57 bits per heavy atom. The van der Waals surface area contributed by atoms with Crippen LogP contribution in [0.3, 0.4) is 0 Å². The van der Waals surface area contributed by atoms with E-state index in [4.69, 9.17) is 12.2 Å². The molecular formula is C22H21N3O2S. The average Bonchev–Trinajstić information content (AvgIpc) is 2.71. The Morgan fingerprint density at radius 1 is 0.857 bits per heavy atom. The van der Waals surface area contributed by atoms with E-state index in [1.165, 1.54) is 0 Å². The summed E-state index contributed by atoms with van der Waals surface area (Å²) in [7, 11) is 0. The van der Waals surface area contributed by atoms with E-state index in [9.17, 15) is 9.59 Å². The van der Waals surface area contributed by atoms with Crippen LogP contribution < -0.4 is 16.2 Å². The lowest BCUT2D eigenvalue weighted by Crippen LogP contribution is -2.43. The second-order valence-corrected chi connectivity index (χ2v) is 6.84. The van der Waals surface area contributed by atoms with E-state index in [1.807, 2.05) is 67.6 Å². The Hall–Kier alpha value is -3.25. The molecule has 5 nitrogen and oxygen atoms in total. The molecule has 6 heteroatoms. The monoisotopic (exact) mass is 391 g/mol. The summed E-state index contributed by atoms with van der Waals surface area (Å²) in [5.74, 6) is -0.371. The first kappa shape index (κ1) is 19.5. The molecule has 0 unspecified atom stereocenters. The molecule has 0 aliphatic carbocycles. The van der Waals surface area contributed by atoms with Gasteiger partial charge in [0.1, 0.15) is 0 Å². The van der Waals surface area contributed by atoms with Gasteiger partial charge in [-0.3, -0.25) is 20.4 Å². The van der Waals surface area contributed by atoms with Crippen molar-refractivity contribution in [1.29, 1.82) is 0 Å². The number of hydrogen-bond donors (Lipinski definition) is 3. The highest BCUT2D eigenvalue weighted by molar-refractivity contribution is 7.80. The van der Waals surface area contributed by atoms with Gasteiger partial charge >= 0.3 is 0 Å². The van der Waals surface area contributed by atoms with Gasteiger partial charge in [-0.25, -0.2) is 0 Å². The number of para-hydroxylation sites is 1. The van der Waals surface area contributed by atoms with E-state index in [0.717, 1.165) is 22.0 Å². The number of Topliss-reactive ketones (excluding diaryl/α,β-unsaturated/α-hetero) is 1. The van der Waals surface area contributed by atoms with Gasteiger partial charge in [-0.2, -0.15) is 0 Å². The number of nitrogens with one attached hydrogen (secondary N) is 3. The third-order valence-corrected chi connectivity index (χ3v) is 4.56. The Morgan fingerprint density at radius 3 is 2.36 bits per heavy atom. The fourth-order valence-electron chi connectivity index (χ4n) is 2.79. The average molecular weight is 391 g/mol. The summed E-state index contributed by atoms with van der Waals surface area (Å²) in [5.41, 5.74) is 7.68. The minimum absolute atomic E-state index is 0.0680. The van der Waals surface area contributed by atoms with E-state index < -0.39 is 0 Å². The van der Waals surface area contributed by atoms with Gasteiger partial charge in [0.25, 0.3) is 0 Å². The third kappa shape index (κ3) is 5.14. The summed E-state index contributed by atoms with van der Waals surface area (Å²) < 4.78 is 0. The number of amides is 1. The molecule has 0 aromatic heterocycles. The minimum atomic E-state index is -0.303. The molecule has 142 valence electrons. The third-order valence-electron chi connectivity index (χ3n) is 4.36. The Bertz CT molecular complexity index is 1030. The molecule has 3 N–H and O–H groups in total. The highest BCUT2D eigenvalue weighted by Crippen LogP contribution is 2.17. The molecule has 1 amide bonds. The standard InChI is InChI=1S/C22H21N3O2S/c1-15-6-2-5-9-19(15)23-22(28)25-24-21(27)13-12-20(26)18-11-10-16-7-3-4-8-17(16)14-18/h2-11,14H,12-13H2,1H3,(H,24,27)(H2,23,25,28). The van der Waals surface area contributed by atoms with Crippen LogP contribution in [0.4, 0.5) is 5.69 Å². The summed E-state index contributed by atoms with van der Waals surface area (Å²) in [6.07, 6.45) is 0.204. The number of benzene rings is 3. The predicted octanol–water partition coefficient (Wildman–Crippen LogP) is 4.13. The maximum absolute atomic E-state index is 12.4. The molecule has 0 spiro atoms. The van der Waals surface area contributed by atoms with Crippen LogP contribution >= 0.6 is 12.2 Å². The molecule has 0 radical (unpaired) electrons. The zero-order chi connectivity index (χ0) is 19.9. The lowest BCUT2D eigenvalue weighted by molar-refractivity contribution is -0.121. The lowest BCUT2D eigenvalue weighted by Gasteiger charge is -2.13. The van der Waals surface area contributed by atoms with Crippen LogP contribution in [0.1, 0.15) is 28.8 Å². The first-order valence-electron chi connectivity index (χ1n) is 8.96. The number of fused-ring (bicyclic) bond motifs is 1. The van der Waals surface area contributed by atoms with Gasteiger partial charge < -0.3 is 5.32 Å². The summed E-state index contributed by atoms with van der Waals surface area (Å²) in [5, 5.41) is 5.38. The van der Waals surface area contributed by atoms with Crippen LogP contribution in [0.15, 0.2) is 66.7 Å². The normalized spacial score (nSPS) is 10.3. The molecule has 0 fully saturated rings. The second kappa shape index (κ2) is 9.10. The van der Waals surface area contributed by atoms with Gasteiger partial charge in [0.2, 0.25) is 5.91 Å². The second-order valence-electron chi connectivity index (χ2n) is 6.43. The Labute approximate surface area is 169 Å². The highest BCUT2D eigenvalue weighted by Gasteiger charge is 2.10. The first-order valence-corrected chi connectivity index (χ1v) is 9.37. The zero-order valence-electron chi connectivity index (χ0n) is 15.5. The molecule has 0 aliphatic heterocycles. The van der Waals surface area contributed by atoms with Crippen molar-refractivity contribution in [3.63, 3.8) is 0 Å². The minimum Gasteiger partial charge on any atom is -0.331 e. The number of carbonyl (C=O) groups excluding carboxylic acids is 2. The molecule has 3 aromatic rings. The number of thiocarbonyl (C=S) groups is 1.